The number of hydrogen-bond donors (Lipinski definition) is 0. The maximum absolute atomic E-state index is 12.0. The van der Waals surface area contributed by atoms with Gasteiger partial charge in [-0.05, 0) is 12.8 Å². The number of fused-ring (bicyclic) bond motifs is 4. The van der Waals surface area contributed by atoms with Gasteiger partial charge in [-0.1, -0.05) is 15.9 Å². The first-order valence-corrected chi connectivity index (χ1v) is 6.54. The molecule has 5 nitrogen and oxygen atoms in total. The van der Waals surface area contributed by atoms with Gasteiger partial charge in [0, 0.05) is 20.0 Å². The summed E-state index contributed by atoms with van der Waals surface area (Å²) in [7, 11) is 3.18. The van der Waals surface area contributed by atoms with E-state index in [-0.39, 0.29) is 28.1 Å². The predicted molar refractivity (Wildman–Crippen MR) is 66.0 cm³/mol. The van der Waals surface area contributed by atoms with Crippen LogP contribution in [0, 0.1) is 0 Å². The summed E-state index contributed by atoms with van der Waals surface area (Å²) in [6, 6.07) is 0. The van der Waals surface area contributed by atoms with E-state index in [1.165, 1.54) is 11.6 Å². The van der Waals surface area contributed by atoms with E-state index < -0.39 is 0 Å². The minimum Gasteiger partial charge on any atom is -0.482 e. The van der Waals surface area contributed by atoms with E-state index in [4.69, 9.17) is 4.74 Å². The van der Waals surface area contributed by atoms with Crippen LogP contribution in [0.25, 0.3) is 0 Å². The Morgan fingerprint density at radius 2 is 1.94 bits per heavy atom. The fourth-order valence-corrected chi connectivity index (χ4v) is 3.73. The standard InChI is InChI=1S/C11H13BrN2O3/c1-13-8-5-3-4-6(7(5)12)17-9(8)10(15)14(2)11(13)16/h5-7H,3-4H2,1-2H3. The van der Waals surface area contributed by atoms with Crippen molar-refractivity contribution in [3.05, 3.63) is 26.5 Å². The van der Waals surface area contributed by atoms with Crippen LogP contribution in [0.2, 0.25) is 0 Å². The number of aromatic nitrogens is 2. The van der Waals surface area contributed by atoms with Crippen molar-refractivity contribution in [3.63, 3.8) is 0 Å². The van der Waals surface area contributed by atoms with Gasteiger partial charge in [-0.2, -0.15) is 0 Å². The molecule has 2 aliphatic rings. The van der Waals surface area contributed by atoms with Crippen LogP contribution in [0.4, 0.5) is 0 Å². The zero-order chi connectivity index (χ0) is 12.3. The van der Waals surface area contributed by atoms with E-state index in [9.17, 15) is 9.59 Å². The molecule has 92 valence electrons. The molecule has 3 rings (SSSR count). The first-order chi connectivity index (χ1) is 8.02. The third kappa shape index (κ3) is 1.30. The Balaban J connectivity index is 2.37. The van der Waals surface area contributed by atoms with Crippen LogP contribution < -0.4 is 16.0 Å². The second-order valence-corrected chi connectivity index (χ2v) is 5.76. The van der Waals surface area contributed by atoms with Crippen LogP contribution in [-0.4, -0.2) is 20.1 Å². The van der Waals surface area contributed by atoms with Crippen LogP contribution in [0.5, 0.6) is 5.75 Å². The highest BCUT2D eigenvalue weighted by Crippen LogP contribution is 2.46. The summed E-state index contributed by atoms with van der Waals surface area (Å²) in [5.41, 5.74) is 0.135. The topological polar surface area (TPSA) is 53.2 Å². The van der Waals surface area contributed by atoms with Crippen molar-refractivity contribution in [1.82, 2.24) is 9.13 Å². The highest BCUT2D eigenvalue weighted by molar-refractivity contribution is 9.09. The molecular weight excluding hydrogens is 288 g/mol. The maximum atomic E-state index is 12.0. The van der Waals surface area contributed by atoms with Gasteiger partial charge < -0.3 is 4.74 Å². The number of halogens is 1. The molecule has 1 aliphatic heterocycles. The van der Waals surface area contributed by atoms with E-state index in [0.29, 0.717) is 5.75 Å². The number of hydrogen-bond acceptors (Lipinski definition) is 3. The molecular formula is C11H13BrN2O3. The zero-order valence-corrected chi connectivity index (χ0v) is 11.2. The molecule has 3 atom stereocenters. The first kappa shape index (κ1) is 11.1. The Kier molecular flexibility index (Phi) is 2.26. The predicted octanol–water partition coefficient (Wildman–Crippen LogP) is 0.486. The molecule has 1 fully saturated rings. The molecule has 17 heavy (non-hydrogen) atoms. The first-order valence-electron chi connectivity index (χ1n) is 5.63. The maximum Gasteiger partial charge on any atom is 0.330 e. The van der Waals surface area contributed by atoms with Gasteiger partial charge in [0.25, 0.3) is 5.56 Å². The summed E-state index contributed by atoms with van der Waals surface area (Å²) in [5.74, 6) is 0.563. The number of nitrogens with zero attached hydrogens (tertiary/aromatic N) is 2. The normalized spacial score (nSPS) is 29.9. The fraction of sp³-hybridized carbons (Fsp3) is 0.636. The molecule has 3 unspecified atom stereocenters. The van der Waals surface area contributed by atoms with Crippen molar-refractivity contribution in [2.24, 2.45) is 14.1 Å². The van der Waals surface area contributed by atoms with Crippen molar-refractivity contribution in [2.75, 3.05) is 0 Å². The third-order valence-corrected chi connectivity index (χ3v) is 5.02. The Bertz CT molecular complexity index is 604. The minimum atomic E-state index is -0.320. The minimum absolute atomic E-state index is 0.0534. The highest BCUT2D eigenvalue weighted by Gasteiger charge is 2.45. The van der Waals surface area contributed by atoms with Crippen LogP contribution in [-0.2, 0) is 14.1 Å². The van der Waals surface area contributed by atoms with Crippen LogP contribution in [0.3, 0.4) is 0 Å². The quantitative estimate of drug-likeness (QED) is 0.655. The average Bonchev–Trinajstić information content (AvgIpc) is 2.56. The lowest BCUT2D eigenvalue weighted by atomic mass is 10.0. The van der Waals surface area contributed by atoms with Crippen molar-refractivity contribution in [2.45, 2.75) is 29.7 Å². The summed E-state index contributed by atoms with van der Waals surface area (Å²) in [6.07, 6.45) is 1.93. The smallest absolute Gasteiger partial charge is 0.330 e. The zero-order valence-electron chi connectivity index (χ0n) is 9.64. The van der Waals surface area contributed by atoms with E-state index >= 15 is 0 Å². The molecule has 1 saturated carbocycles. The lowest BCUT2D eigenvalue weighted by molar-refractivity contribution is 0.191. The Morgan fingerprint density at radius 3 is 2.65 bits per heavy atom. The third-order valence-electron chi connectivity index (χ3n) is 3.79. The van der Waals surface area contributed by atoms with Gasteiger partial charge >= 0.3 is 5.69 Å². The summed E-state index contributed by atoms with van der Waals surface area (Å²) < 4.78 is 8.39. The van der Waals surface area contributed by atoms with Gasteiger partial charge in [-0.15, -0.1) is 0 Å². The molecule has 0 aromatic carbocycles. The summed E-state index contributed by atoms with van der Waals surface area (Å²) in [5, 5.41) is 0. The summed E-state index contributed by atoms with van der Waals surface area (Å²) in [4.78, 5) is 24.1. The second-order valence-electron chi connectivity index (χ2n) is 4.70. The van der Waals surface area contributed by atoms with Gasteiger partial charge in [0.1, 0.15) is 6.10 Å². The molecule has 0 radical (unpaired) electrons. The molecule has 0 N–H and O–H groups in total. The Morgan fingerprint density at radius 1 is 1.24 bits per heavy atom. The van der Waals surface area contributed by atoms with Gasteiger partial charge in [0.15, 0.2) is 0 Å². The van der Waals surface area contributed by atoms with E-state index in [2.05, 4.69) is 15.9 Å². The van der Waals surface area contributed by atoms with Gasteiger partial charge in [-0.25, -0.2) is 4.79 Å². The molecule has 1 aliphatic carbocycles. The average molecular weight is 301 g/mol. The molecule has 0 spiro atoms. The largest absolute Gasteiger partial charge is 0.482 e. The van der Waals surface area contributed by atoms with E-state index in [1.807, 2.05) is 0 Å². The van der Waals surface area contributed by atoms with Gasteiger partial charge in [0.2, 0.25) is 5.75 Å². The van der Waals surface area contributed by atoms with Crippen LogP contribution >= 0.6 is 15.9 Å². The number of alkyl halides is 1. The fourth-order valence-electron chi connectivity index (χ4n) is 2.84. The van der Waals surface area contributed by atoms with E-state index in [0.717, 1.165) is 23.1 Å². The summed E-state index contributed by atoms with van der Waals surface area (Å²) >= 11 is 3.60. The van der Waals surface area contributed by atoms with Crippen LogP contribution in [0.15, 0.2) is 9.59 Å². The highest BCUT2D eigenvalue weighted by atomic mass is 79.9. The van der Waals surface area contributed by atoms with Crippen molar-refractivity contribution >= 4 is 15.9 Å². The van der Waals surface area contributed by atoms with Crippen molar-refractivity contribution in [1.29, 1.82) is 0 Å². The Labute approximate surface area is 106 Å². The number of ether oxygens (including phenoxy) is 1. The molecule has 1 aromatic rings. The Hall–Kier alpha value is -1.04. The summed E-state index contributed by atoms with van der Waals surface area (Å²) in [6.45, 7) is 0. The SMILES string of the molecule is Cn1c2c(c(=O)n(C)c1=O)OC1CCC2C1Br. The van der Waals surface area contributed by atoms with Gasteiger partial charge in [0.05, 0.1) is 10.5 Å². The molecule has 1 aromatic heterocycles. The van der Waals surface area contributed by atoms with Crippen molar-refractivity contribution < 1.29 is 4.74 Å². The molecule has 0 saturated heterocycles. The molecule has 6 heteroatoms. The van der Waals surface area contributed by atoms with Crippen molar-refractivity contribution in [3.8, 4) is 5.75 Å². The molecule has 2 bridgehead atoms. The second kappa shape index (κ2) is 3.48. The molecule has 2 heterocycles. The van der Waals surface area contributed by atoms with E-state index in [1.54, 1.807) is 7.05 Å². The van der Waals surface area contributed by atoms with Gasteiger partial charge in [-0.3, -0.25) is 13.9 Å². The van der Waals surface area contributed by atoms with Crippen LogP contribution in [0.1, 0.15) is 24.5 Å². The lowest BCUT2D eigenvalue weighted by Crippen LogP contribution is -2.44. The molecule has 0 amide bonds. The monoisotopic (exact) mass is 300 g/mol. The lowest BCUT2D eigenvalue weighted by Gasteiger charge is -2.29. The number of rotatable bonds is 0.